The molecule has 0 aliphatic rings. The minimum Gasteiger partial charge on any atom is -0.355 e. The summed E-state index contributed by atoms with van der Waals surface area (Å²) in [6, 6.07) is 11.2. The SMILES string of the molecule is CNC(=O)c1ccc(/C=C/C(=O)Nc2ccc(C)c([N+](=O)[O-])c2)cc1. The maximum absolute atomic E-state index is 11.9. The highest BCUT2D eigenvalue weighted by molar-refractivity contribution is 6.02. The molecular weight excluding hydrogens is 322 g/mol. The molecule has 2 N–H and O–H groups in total. The number of hydrogen-bond donors (Lipinski definition) is 2. The number of carbonyl (C=O) groups excluding carboxylic acids is 2. The molecule has 7 nitrogen and oxygen atoms in total. The number of rotatable bonds is 5. The molecule has 0 aliphatic carbocycles. The molecular formula is C18H17N3O4. The van der Waals surface area contributed by atoms with Crippen LogP contribution in [0.5, 0.6) is 0 Å². The van der Waals surface area contributed by atoms with E-state index in [1.54, 1.807) is 56.4 Å². The molecule has 0 saturated carbocycles. The zero-order chi connectivity index (χ0) is 18.4. The molecule has 0 unspecified atom stereocenters. The molecule has 2 aromatic rings. The van der Waals surface area contributed by atoms with Crippen molar-refractivity contribution in [3.8, 4) is 0 Å². The highest BCUT2D eigenvalue weighted by Gasteiger charge is 2.11. The topological polar surface area (TPSA) is 101 Å². The average molecular weight is 339 g/mol. The fourth-order valence-corrected chi connectivity index (χ4v) is 2.13. The van der Waals surface area contributed by atoms with E-state index in [1.165, 1.54) is 12.1 Å². The maximum Gasteiger partial charge on any atom is 0.274 e. The lowest BCUT2D eigenvalue weighted by molar-refractivity contribution is -0.385. The summed E-state index contributed by atoms with van der Waals surface area (Å²) in [5.74, 6) is -0.595. The lowest BCUT2D eigenvalue weighted by Gasteiger charge is -2.04. The Morgan fingerprint density at radius 3 is 2.40 bits per heavy atom. The highest BCUT2D eigenvalue weighted by Crippen LogP contribution is 2.22. The lowest BCUT2D eigenvalue weighted by atomic mass is 10.1. The monoisotopic (exact) mass is 339 g/mol. The number of nitro benzene ring substituents is 1. The Balaban J connectivity index is 2.05. The van der Waals surface area contributed by atoms with Crippen LogP contribution in [-0.4, -0.2) is 23.8 Å². The summed E-state index contributed by atoms with van der Waals surface area (Å²) < 4.78 is 0. The Hall–Kier alpha value is -3.48. The van der Waals surface area contributed by atoms with Crippen molar-refractivity contribution in [2.75, 3.05) is 12.4 Å². The predicted octanol–water partition coefficient (Wildman–Crippen LogP) is 2.91. The molecule has 0 aromatic heterocycles. The van der Waals surface area contributed by atoms with Gasteiger partial charge in [-0.25, -0.2) is 0 Å². The Morgan fingerprint density at radius 1 is 1.12 bits per heavy atom. The number of aryl methyl sites for hydroxylation is 1. The molecule has 0 fully saturated rings. The third-order valence-electron chi connectivity index (χ3n) is 3.50. The van der Waals surface area contributed by atoms with Crippen LogP contribution in [0, 0.1) is 17.0 Å². The van der Waals surface area contributed by atoms with Crippen molar-refractivity contribution in [3.63, 3.8) is 0 Å². The number of benzene rings is 2. The van der Waals surface area contributed by atoms with Crippen molar-refractivity contribution in [1.29, 1.82) is 0 Å². The minimum absolute atomic E-state index is 0.0495. The van der Waals surface area contributed by atoms with E-state index >= 15 is 0 Å². The van der Waals surface area contributed by atoms with Gasteiger partial charge in [0.2, 0.25) is 5.91 Å². The Labute approximate surface area is 144 Å². The lowest BCUT2D eigenvalue weighted by Crippen LogP contribution is -2.17. The second kappa shape index (κ2) is 7.87. The Kier molecular flexibility index (Phi) is 5.62. The van der Waals surface area contributed by atoms with E-state index < -0.39 is 10.8 Å². The van der Waals surface area contributed by atoms with Gasteiger partial charge in [0.25, 0.3) is 11.6 Å². The fourth-order valence-electron chi connectivity index (χ4n) is 2.13. The summed E-state index contributed by atoms with van der Waals surface area (Å²) in [6.45, 7) is 1.63. The van der Waals surface area contributed by atoms with E-state index in [9.17, 15) is 19.7 Å². The molecule has 2 rings (SSSR count). The van der Waals surface area contributed by atoms with Gasteiger partial charge in [-0.1, -0.05) is 18.2 Å². The molecule has 0 radical (unpaired) electrons. The summed E-state index contributed by atoms with van der Waals surface area (Å²) in [6.07, 6.45) is 2.91. The van der Waals surface area contributed by atoms with Crippen molar-refractivity contribution in [2.45, 2.75) is 6.92 Å². The number of amides is 2. The summed E-state index contributed by atoms with van der Waals surface area (Å²) >= 11 is 0. The zero-order valence-corrected chi connectivity index (χ0v) is 13.8. The Bertz CT molecular complexity index is 842. The standard InChI is InChI=1S/C18H17N3O4/c1-12-3-9-15(11-16(12)21(24)25)20-17(22)10-6-13-4-7-14(8-5-13)18(23)19-2/h3-11H,1-2H3,(H,19,23)(H,20,22)/b10-6+. The molecule has 0 aliphatic heterocycles. The van der Waals surface area contributed by atoms with E-state index in [4.69, 9.17) is 0 Å². The molecule has 25 heavy (non-hydrogen) atoms. The number of carbonyl (C=O) groups is 2. The number of nitrogens with zero attached hydrogens (tertiary/aromatic N) is 1. The third kappa shape index (κ3) is 4.74. The summed E-state index contributed by atoms with van der Waals surface area (Å²) in [4.78, 5) is 33.8. The van der Waals surface area contributed by atoms with Gasteiger partial charge in [0.15, 0.2) is 0 Å². The molecule has 7 heteroatoms. The Morgan fingerprint density at radius 2 is 1.80 bits per heavy atom. The van der Waals surface area contributed by atoms with Crippen LogP contribution < -0.4 is 10.6 Å². The van der Waals surface area contributed by atoms with Crippen LogP contribution in [0.15, 0.2) is 48.5 Å². The van der Waals surface area contributed by atoms with E-state index in [2.05, 4.69) is 10.6 Å². The average Bonchev–Trinajstić information content (AvgIpc) is 2.61. The third-order valence-corrected chi connectivity index (χ3v) is 3.50. The van der Waals surface area contributed by atoms with Gasteiger partial charge in [0.1, 0.15) is 0 Å². The normalized spacial score (nSPS) is 10.5. The van der Waals surface area contributed by atoms with Crippen LogP contribution in [0.4, 0.5) is 11.4 Å². The van der Waals surface area contributed by atoms with E-state index in [0.29, 0.717) is 16.8 Å². The van der Waals surface area contributed by atoms with Gasteiger partial charge in [-0.2, -0.15) is 0 Å². The summed E-state index contributed by atoms with van der Waals surface area (Å²) in [5, 5.41) is 16.0. The molecule has 2 amide bonds. The molecule has 0 heterocycles. The van der Waals surface area contributed by atoms with Crippen LogP contribution in [-0.2, 0) is 4.79 Å². The van der Waals surface area contributed by atoms with Crippen LogP contribution in [0.1, 0.15) is 21.5 Å². The number of hydrogen-bond acceptors (Lipinski definition) is 4. The predicted molar refractivity (Wildman–Crippen MR) is 95.3 cm³/mol. The van der Waals surface area contributed by atoms with Crippen molar-refractivity contribution in [3.05, 3.63) is 75.3 Å². The second-order valence-electron chi connectivity index (χ2n) is 5.28. The van der Waals surface area contributed by atoms with E-state index in [-0.39, 0.29) is 11.6 Å². The minimum atomic E-state index is -0.491. The number of anilines is 1. The van der Waals surface area contributed by atoms with Crippen LogP contribution in [0.25, 0.3) is 6.08 Å². The molecule has 0 spiro atoms. The van der Waals surface area contributed by atoms with Crippen molar-refractivity contribution in [2.24, 2.45) is 0 Å². The van der Waals surface area contributed by atoms with Crippen molar-refractivity contribution < 1.29 is 14.5 Å². The van der Waals surface area contributed by atoms with Gasteiger partial charge in [0.05, 0.1) is 4.92 Å². The smallest absolute Gasteiger partial charge is 0.274 e. The number of nitrogens with one attached hydrogen (secondary N) is 2. The number of nitro groups is 1. The first-order valence-corrected chi connectivity index (χ1v) is 7.47. The summed E-state index contributed by atoms with van der Waals surface area (Å²) in [7, 11) is 1.55. The fraction of sp³-hybridized carbons (Fsp3) is 0.111. The van der Waals surface area contributed by atoms with Crippen LogP contribution in [0.2, 0.25) is 0 Å². The van der Waals surface area contributed by atoms with Crippen LogP contribution in [0.3, 0.4) is 0 Å². The van der Waals surface area contributed by atoms with Gasteiger partial charge in [0, 0.05) is 36.0 Å². The first-order valence-electron chi connectivity index (χ1n) is 7.47. The van der Waals surface area contributed by atoms with E-state index in [0.717, 1.165) is 5.56 Å². The van der Waals surface area contributed by atoms with Crippen LogP contribution >= 0.6 is 0 Å². The molecule has 0 bridgehead atoms. The first kappa shape index (κ1) is 17.9. The second-order valence-corrected chi connectivity index (χ2v) is 5.28. The highest BCUT2D eigenvalue weighted by atomic mass is 16.6. The van der Waals surface area contributed by atoms with Gasteiger partial charge < -0.3 is 10.6 Å². The van der Waals surface area contributed by atoms with Gasteiger partial charge >= 0.3 is 0 Å². The molecule has 2 aromatic carbocycles. The summed E-state index contributed by atoms with van der Waals surface area (Å²) in [5.41, 5.74) is 2.09. The maximum atomic E-state index is 11.9. The van der Waals surface area contributed by atoms with Crippen molar-refractivity contribution >= 4 is 29.3 Å². The first-order chi connectivity index (χ1) is 11.9. The molecule has 0 saturated heterocycles. The van der Waals surface area contributed by atoms with Gasteiger partial charge in [-0.3, -0.25) is 19.7 Å². The van der Waals surface area contributed by atoms with Gasteiger partial charge in [-0.05, 0) is 36.8 Å². The quantitative estimate of drug-likeness (QED) is 0.497. The largest absolute Gasteiger partial charge is 0.355 e. The van der Waals surface area contributed by atoms with Gasteiger partial charge in [-0.15, -0.1) is 0 Å². The zero-order valence-electron chi connectivity index (χ0n) is 13.8. The van der Waals surface area contributed by atoms with Crippen molar-refractivity contribution in [1.82, 2.24) is 5.32 Å². The molecule has 128 valence electrons. The molecule has 0 atom stereocenters. The van der Waals surface area contributed by atoms with E-state index in [1.807, 2.05) is 0 Å².